The maximum atomic E-state index is 12.0. The minimum atomic E-state index is -2.91. The number of carbonyl (C=O) groups is 1. The summed E-state index contributed by atoms with van der Waals surface area (Å²) < 4.78 is 27.8. The van der Waals surface area contributed by atoms with Crippen molar-refractivity contribution < 1.29 is 17.9 Å². The van der Waals surface area contributed by atoms with Crippen LogP contribution < -0.4 is 5.32 Å². The van der Waals surface area contributed by atoms with Gasteiger partial charge < -0.3 is 15.0 Å². The van der Waals surface area contributed by atoms with Gasteiger partial charge in [0.1, 0.15) is 9.84 Å². The molecule has 0 bridgehead atoms. The molecule has 1 aliphatic rings. The molecule has 0 saturated carbocycles. The second-order valence-electron chi connectivity index (χ2n) is 4.70. The molecule has 1 fully saturated rings. The van der Waals surface area contributed by atoms with E-state index in [0.29, 0.717) is 39.3 Å². The average molecular weight is 292 g/mol. The van der Waals surface area contributed by atoms with E-state index in [1.54, 1.807) is 11.8 Å². The lowest BCUT2D eigenvalue weighted by molar-refractivity contribution is -0.137. The molecule has 0 aromatic heterocycles. The van der Waals surface area contributed by atoms with E-state index in [1.165, 1.54) is 0 Å². The van der Waals surface area contributed by atoms with Crippen LogP contribution in [0, 0.1) is 0 Å². The van der Waals surface area contributed by atoms with Crippen molar-refractivity contribution in [3.63, 3.8) is 0 Å². The van der Waals surface area contributed by atoms with Crippen LogP contribution in [-0.2, 0) is 19.4 Å². The summed E-state index contributed by atoms with van der Waals surface area (Å²) in [7, 11) is -2.91. The van der Waals surface area contributed by atoms with Gasteiger partial charge in [0.05, 0.1) is 25.0 Å². The maximum Gasteiger partial charge on any atom is 0.239 e. The van der Waals surface area contributed by atoms with E-state index in [0.717, 1.165) is 0 Å². The fourth-order valence-electron chi connectivity index (χ4n) is 1.90. The summed E-state index contributed by atoms with van der Waals surface area (Å²) >= 11 is 0. The van der Waals surface area contributed by atoms with Crippen LogP contribution in [0.2, 0.25) is 0 Å². The highest BCUT2D eigenvalue weighted by Gasteiger charge is 2.21. The Hall–Kier alpha value is -0.660. The van der Waals surface area contributed by atoms with Gasteiger partial charge in [0.25, 0.3) is 0 Å². The molecular weight excluding hydrogens is 268 g/mol. The highest BCUT2D eigenvalue weighted by Crippen LogP contribution is 2.01. The van der Waals surface area contributed by atoms with Crippen molar-refractivity contribution in [2.24, 2.45) is 0 Å². The SMILES string of the molecule is CCS(=O)(=O)CCCNC(C)C(=O)N1CCOCC1. The van der Waals surface area contributed by atoms with E-state index in [1.807, 2.05) is 6.92 Å². The summed E-state index contributed by atoms with van der Waals surface area (Å²) in [6.07, 6.45) is 0.539. The van der Waals surface area contributed by atoms with Crippen LogP contribution in [0.3, 0.4) is 0 Å². The first-order valence-electron chi connectivity index (χ1n) is 6.76. The van der Waals surface area contributed by atoms with Gasteiger partial charge in [-0.05, 0) is 19.9 Å². The van der Waals surface area contributed by atoms with E-state index in [-0.39, 0.29) is 23.5 Å². The number of morpholine rings is 1. The molecule has 7 heteroatoms. The highest BCUT2D eigenvalue weighted by atomic mass is 32.2. The number of sulfone groups is 1. The van der Waals surface area contributed by atoms with Crippen molar-refractivity contribution in [1.29, 1.82) is 0 Å². The Labute approximate surface area is 115 Å². The van der Waals surface area contributed by atoms with E-state index < -0.39 is 9.84 Å². The largest absolute Gasteiger partial charge is 0.378 e. The zero-order valence-corrected chi connectivity index (χ0v) is 12.5. The van der Waals surface area contributed by atoms with Crippen LogP contribution in [0.5, 0.6) is 0 Å². The first-order chi connectivity index (χ1) is 8.96. The number of nitrogens with zero attached hydrogens (tertiary/aromatic N) is 1. The van der Waals surface area contributed by atoms with Crippen LogP contribution in [0.25, 0.3) is 0 Å². The van der Waals surface area contributed by atoms with Gasteiger partial charge in [0, 0.05) is 18.8 Å². The summed E-state index contributed by atoms with van der Waals surface area (Å²) in [6, 6.07) is -0.276. The third-order valence-electron chi connectivity index (χ3n) is 3.22. The fraction of sp³-hybridized carbons (Fsp3) is 0.917. The molecule has 1 aliphatic heterocycles. The second-order valence-corrected chi connectivity index (χ2v) is 7.18. The van der Waals surface area contributed by atoms with Crippen molar-refractivity contribution >= 4 is 15.7 Å². The molecule has 1 amide bonds. The summed E-state index contributed by atoms with van der Waals surface area (Å²) in [6.45, 7) is 6.44. The van der Waals surface area contributed by atoms with Crippen LogP contribution in [0.4, 0.5) is 0 Å². The summed E-state index contributed by atoms with van der Waals surface area (Å²) in [5.74, 6) is 0.408. The Morgan fingerprint density at radius 2 is 2.00 bits per heavy atom. The first kappa shape index (κ1) is 16.4. The number of hydrogen-bond acceptors (Lipinski definition) is 5. The quantitative estimate of drug-likeness (QED) is 0.649. The molecule has 0 aromatic rings. The van der Waals surface area contributed by atoms with Gasteiger partial charge in [-0.15, -0.1) is 0 Å². The molecule has 0 spiro atoms. The molecule has 1 atom stereocenters. The lowest BCUT2D eigenvalue weighted by Gasteiger charge is -2.29. The topological polar surface area (TPSA) is 75.7 Å². The third-order valence-corrected chi connectivity index (χ3v) is 5.01. The standard InChI is InChI=1S/C12H24N2O4S/c1-3-19(16,17)10-4-5-13-11(2)12(15)14-6-8-18-9-7-14/h11,13H,3-10H2,1-2H3. The molecule has 1 rings (SSSR count). The fourth-order valence-corrected chi connectivity index (χ4v) is 2.77. The third kappa shape index (κ3) is 5.88. The molecule has 0 aliphatic carbocycles. The van der Waals surface area contributed by atoms with Crippen LogP contribution in [-0.4, -0.2) is 69.6 Å². The number of amides is 1. The molecule has 1 unspecified atom stereocenters. The van der Waals surface area contributed by atoms with Gasteiger partial charge in [0.15, 0.2) is 0 Å². The van der Waals surface area contributed by atoms with Gasteiger partial charge in [-0.1, -0.05) is 6.92 Å². The maximum absolute atomic E-state index is 12.0. The number of carbonyl (C=O) groups excluding carboxylic acids is 1. The van der Waals surface area contributed by atoms with Crippen molar-refractivity contribution in [1.82, 2.24) is 10.2 Å². The van der Waals surface area contributed by atoms with Crippen molar-refractivity contribution in [2.45, 2.75) is 26.3 Å². The Balaban J connectivity index is 2.23. The van der Waals surface area contributed by atoms with Crippen molar-refractivity contribution in [3.8, 4) is 0 Å². The Morgan fingerprint density at radius 1 is 1.37 bits per heavy atom. The summed E-state index contributed by atoms with van der Waals surface area (Å²) in [5.41, 5.74) is 0. The van der Waals surface area contributed by atoms with E-state index in [2.05, 4.69) is 5.32 Å². The minimum absolute atomic E-state index is 0.0571. The van der Waals surface area contributed by atoms with Crippen LogP contribution in [0.1, 0.15) is 20.3 Å². The van der Waals surface area contributed by atoms with Gasteiger partial charge in [0.2, 0.25) is 5.91 Å². The summed E-state index contributed by atoms with van der Waals surface area (Å²) in [4.78, 5) is 13.8. The van der Waals surface area contributed by atoms with Crippen LogP contribution in [0.15, 0.2) is 0 Å². The monoisotopic (exact) mass is 292 g/mol. The zero-order valence-electron chi connectivity index (χ0n) is 11.7. The molecule has 1 N–H and O–H groups in total. The smallest absolute Gasteiger partial charge is 0.239 e. The minimum Gasteiger partial charge on any atom is -0.378 e. The lowest BCUT2D eigenvalue weighted by Crippen LogP contribution is -2.49. The normalized spacial score (nSPS) is 18.3. The predicted octanol–water partition coefficient (Wildman–Crippen LogP) is -0.352. The van der Waals surface area contributed by atoms with E-state index in [4.69, 9.17) is 4.74 Å². The van der Waals surface area contributed by atoms with Gasteiger partial charge in [-0.25, -0.2) is 8.42 Å². The highest BCUT2D eigenvalue weighted by molar-refractivity contribution is 7.91. The van der Waals surface area contributed by atoms with Gasteiger partial charge >= 0.3 is 0 Å². The lowest BCUT2D eigenvalue weighted by atomic mass is 10.2. The van der Waals surface area contributed by atoms with E-state index >= 15 is 0 Å². The molecule has 6 nitrogen and oxygen atoms in total. The zero-order chi connectivity index (χ0) is 14.3. The molecule has 1 saturated heterocycles. The predicted molar refractivity (Wildman–Crippen MR) is 73.8 cm³/mol. The van der Waals surface area contributed by atoms with Crippen molar-refractivity contribution in [3.05, 3.63) is 0 Å². The first-order valence-corrected chi connectivity index (χ1v) is 8.58. The molecule has 1 heterocycles. The van der Waals surface area contributed by atoms with E-state index in [9.17, 15) is 13.2 Å². The number of ether oxygens (including phenoxy) is 1. The second kappa shape index (κ2) is 7.81. The molecular formula is C12H24N2O4S. The Morgan fingerprint density at radius 3 is 2.58 bits per heavy atom. The molecule has 112 valence electrons. The van der Waals surface area contributed by atoms with Gasteiger partial charge in [-0.3, -0.25) is 4.79 Å². The number of rotatable bonds is 7. The Kier molecular flexibility index (Phi) is 6.74. The molecule has 19 heavy (non-hydrogen) atoms. The van der Waals surface area contributed by atoms with Crippen molar-refractivity contribution in [2.75, 3.05) is 44.4 Å². The average Bonchev–Trinajstić information content (AvgIpc) is 2.43. The summed E-state index contributed by atoms with van der Waals surface area (Å²) in [5, 5.41) is 3.08. The molecule has 0 radical (unpaired) electrons. The van der Waals surface area contributed by atoms with Gasteiger partial charge in [-0.2, -0.15) is 0 Å². The molecule has 0 aromatic carbocycles. The Bertz CT molecular complexity index is 377. The van der Waals surface area contributed by atoms with Crippen LogP contribution >= 0.6 is 0 Å². The number of nitrogens with one attached hydrogen (secondary N) is 1. The number of hydrogen-bond donors (Lipinski definition) is 1.